The van der Waals surface area contributed by atoms with Crippen LogP contribution in [0.15, 0.2) is 12.1 Å². The number of thiophene rings is 1. The Balaban J connectivity index is 1.94. The second kappa shape index (κ2) is 6.55. The van der Waals surface area contributed by atoms with Crippen LogP contribution in [0, 0.1) is 12.8 Å². The van der Waals surface area contributed by atoms with Gasteiger partial charge in [0, 0.05) is 15.8 Å². The Kier molecular flexibility index (Phi) is 5.05. The van der Waals surface area contributed by atoms with Gasteiger partial charge in [-0.2, -0.15) is 0 Å². The van der Waals surface area contributed by atoms with Crippen molar-refractivity contribution in [3.05, 3.63) is 21.9 Å². The zero-order chi connectivity index (χ0) is 12.1. The molecule has 1 N–H and O–H groups in total. The van der Waals surface area contributed by atoms with E-state index in [9.17, 15) is 0 Å². The van der Waals surface area contributed by atoms with Gasteiger partial charge in [0.15, 0.2) is 0 Å². The van der Waals surface area contributed by atoms with E-state index in [0.717, 1.165) is 5.92 Å². The van der Waals surface area contributed by atoms with E-state index < -0.39 is 0 Å². The summed E-state index contributed by atoms with van der Waals surface area (Å²) in [5.74, 6) is 0.942. The van der Waals surface area contributed by atoms with Gasteiger partial charge in [0.2, 0.25) is 0 Å². The minimum Gasteiger partial charge on any atom is -0.312 e. The lowest BCUT2D eigenvalue weighted by molar-refractivity contribution is 0.371. The normalized spacial score (nSPS) is 20.1. The Morgan fingerprint density at radius 1 is 1.24 bits per heavy atom. The highest BCUT2D eigenvalue weighted by atomic mass is 32.1. The molecule has 0 radical (unpaired) electrons. The maximum Gasteiger partial charge on any atom is 0.0415 e. The van der Waals surface area contributed by atoms with Gasteiger partial charge < -0.3 is 5.32 Å². The summed E-state index contributed by atoms with van der Waals surface area (Å²) >= 11 is 1.95. The third kappa shape index (κ3) is 3.82. The van der Waals surface area contributed by atoms with Crippen LogP contribution in [0.5, 0.6) is 0 Å². The first-order valence-corrected chi connectivity index (χ1v) is 7.85. The number of nitrogens with one attached hydrogen (secondary N) is 1. The fraction of sp³-hybridized carbons (Fsp3) is 0.733. The summed E-state index contributed by atoms with van der Waals surface area (Å²) in [5.41, 5.74) is 0. The minimum absolute atomic E-state index is 0.580. The molecule has 1 nitrogen and oxygen atoms in total. The number of aryl methyl sites for hydroxylation is 1. The monoisotopic (exact) mass is 251 g/mol. The molecular weight excluding hydrogens is 226 g/mol. The van der Waals surface area contributed by atoms with Crippen LogP contribution in [0.25, 0.3) is 0 Å². The Labute approximate surface area is 110 Å². The zero-order valence-electron chi connectivity index (χ0n) is 11.2. The van der Waals surface area contributed by atoms with E-state index >= 15 is 0 Å². The van der Waals surface area contributed by atoms with Crippen molar-refractivity contribution in [1.82, 2.24) is 5.32 Å². The predicted octanol–water partition coefficient (Wildman–Crippen LogP) is 4.68. The first kappa shape index (κ1) is 13.1. The van der Waals surface area contributed by atoms with E-state index in [0.29, 0.717) is 6.04 Å². The second-order valence-corrected chi connectivity index (χ2v) is 6.70. The summed E-state index contributed by atoms with van der Waals surface area (Å²) < 4.78 is 0. The van der Waals surface area contributed by atoms with Crippen molar-refractivity contribution >= 4 is 11.3 Å². The van der Waals surface area contributed by atoms with Crippen molar-refractivity contribution in [3.63, 3.8) is 0 Å². The number of hydrogen-bond acceptors (Lipinski definition) is 2. The van der Waals surface area contributed by atoms with Crippen LogP contribution in [0.4, 0.5) is 0 Å². The zero-order valence-corrected chi connectivity index (χ0v) is 12.0. The highest BCUT2D eigenvalue weighted by molar-refractivity contribution is 7.12. The van der Waals surface area contributed by atoms with Crippen molar-refractivity contribution < 1.29 is 0 Å². The molecule has 1 saturated carbocycles. The van der Waals surface area contributed by atoms with E-state index in [2.05, 4.69) is 31.4 Å². The lowest BCUT2D eigenvalue weighted by Crippen LogP contribution is -2.18. The van der Waals surface area contributed by atoms with E-state index in [1.165, 1.54) is 54.7 Å². The van der Waals surface area contributed by atoms with Crippen molar-refractivity contribution in [2.45, 2.75) is 57.9 Å². The number of hydrogen-bond donors (Lipinski definition) is 1. The Morgan fingerprint density at radius 3 is 2.47 bits per heavy atom. The fourth-order valence-corrected chi connectivity index (χ4v) is 3.95. The van der Waals surface area contributed by atoms with Crippen LogP contribution < -0.4 is 5.32 Å². The molecule has 1 aromatic heterocycles. The summed E-state index contributed by atoms with van der Waals surface area (Å²) in [6, 6.07) is 5.13. The van der Waals surface area contributed by atoms with Gasteiger partial charge in [0.05, 0.1) is 0 Å². The highest BCUT2D eigenvalue weighted by Crippen LogP contribution is 2.33. The molecule has 1 unspecified atom stereocenters. The number of rotatable bonds is 4. The van der Waals surface area contributed by atoms with Gasteiger partial charge >= 0.3 is 0 Å². The summed E-state index contributed by atoms with van der Waals surface area (Å²) in [6.07, 6.45) is 10.0. The van der Waals surface area contributed by atoms with Crippen molar-refractivity contribution in [2.75, 3.05) is 7.05 Å². The van der Waals surface area contributed by atoms with Crippen LogP contribution in [0.2, 0.25) is 0 Å². The molecular formula is C15H25NS. The van der Waals surface area contributed by atoms with Crippen molar-refractivity contribution in [2.24, 2.45) is 5.92 Å². The smallest absolute Gasteiger partial charge is 0.0415 e. The third-order valence-electron chi connectivity index (χ3n) is 4.00. The molecule has 0 saturated heterocycles. The van der Waals surface area contributed by atoms with Crippen molar-refractivity contribution in [1.29, 1.82) is 0 Å². The van der Waals surface area contributed by atoms with Gasteiger partial charge in [-0.05, 0) is 38.4 Å². The van der Waals surface area contributed by atoms with E-state index in [-0.39, 0.29) is 0 Å². The van der Waals surface area contributed by atoms with Crippen molar-refractivity contribution in [3.8, 4) is 0 Å². The van der Waals surface area contributed by atoms with Crippen LogP contribution >= 0.6 is 11.3 Å². The van der Waals surface area contributed by atoms with Gasteiger partial charge in [-0.15, -0.1) is 11.3 Å². The van der Waals surface area contributed by atoms with Crippen LogP contribution in [-0.2, 0) is 0 Å². The average molecular weight is 251 g/mol. The molecule has 0 aromatic carbocycles. The Hall–Kier alpha value is -0.340. The molecule has 2 rings (SSSR count). The lowest BCUT2D eigenvalue weighted by Gasteiger charge is -2.21. The minimum atomic E-state index is 0.580. The van der Waals surface area contributed by atoms with Crippen LogP contribution in [-0.4, -0.2) is 7.05 Å². The SMILES string of the molecule is CNC(CC1CCCCCC1)c1ccc(C)s1. The van der Waals surface area contributed by atoms with Gasteiger partial charge in [-0.25, -0.2) is 0 Å². The quantitative estimate of drug-likeness (QED) is 0.766. The van der Waals surface area contributed by atoms with E-state index in [4.69, 9.17) is 0 Å². The molecule has 2 heteroatoms. The molecule has 0 amide bonds. The van der Waals surface area contributed by atoms with Gasteiger partial charge in [-0.1, -0.05) is 38.5 Å². The molecule has 1 aliphatic carbocycles. The standard InChI is InChI=1S/C15H25NS/c1-12-9-10-15(17-12)14(16-2)11-13-7-5-3-4-6-8-13/h9-10,13-14,16H,3-8,11H2,1-2H3. The van der Waals surface area contributed by atoms with Gasteiger partial charge in [0.1, 0.15) is 0 Å². The third-order valence-corrected chi connectivity index (χ3v) is 5.11. The summed E-state index contributed by atoms with van der Waals surface area (Å²) in [6.45, 7) is 2.20. The molecule has 96 valence electrons. The lowest BCUT2D eigenvalue weighted by atomic mass is 9.92. The van der Waals surface area contributed by atoms with Gasteiger partial charge in [0.25, 0.3) is 0 Å². The average Bonchev–Trinajstić information content (AvgIpc) is 2.62. The fourth-order valence-electron chi connectivity index (χ4n) is 2.95. The van der Waals surface area contributed by atoms with Gasteiger partial charge in [-0.3, -0.25) is 0 Å². The molecule has 0 aliphatic heterocycles. The molecule has 1 aromatic rings. The molecule has 0 bridgehead atoms. The largest absolute Gasteiger partial charge is 0.312 e. The van der Waals surface area contributed by atoms with E-state index in [1.807, 2.05) is 11.3 Å². The highest BCUT2D eigenvalue weighted by Gasteiger charge is 2.19. The Morgan fingerprint density at radius 2 is 1.94 bits per heavy atom. The van der Waals surface area contributed by atoms with Crippen LogP contribution in [0.3, 0.4) is 0 Å². The summed E-state index contributed by atoms with van der Waals surface area (Å²) in [4.78, 5) is 2.95. The maximum absolute atomic E-state index is 3.51. The molecule has 1 atom stereocenters. The van der Waals surface area contributed by atoms with E-state index in [1.54, 1.807) is 0 Å². The molecule has 1 heterocycles. The summed E-state index contributed by atoms with van der Waals surface area (Å²) in [5, 5.41) is 3.51. The first-order chi connectivity index (χ1) is 8.29. The first-order valence-electron chi connectivity index (χ1n) is 7.03. The Bertz CT molecular complexity index is 323. The molecule has 17 heavy (non-hydrogen) atoms. The predicted molar refractivity (Wildman–Crippen MR) is 76.7 cm³/mol. The molecule has 0 spiro atoms. The van der Waals surface area contributed by atoms with Crippen LogP contribution in [0.1, 0.15) is 60.7 Å². The molecule has 1 aliphatic rings. The molecule has 1 fully saturated rings. The topological polar surface area (TPSA) is 12.0 Å². The summed E-state index contributed by atoms with van der Waals surface area (Å²) in [7, 11) is 2.11. The maximum atomic E-state index is 3.51. The second-order valence-electron chi connectivity index (χ2n) is 5.38.